The Balaban J connectivity index is 0.00000182. The van der Waals surface area contributed by atoms with Crippen molar-refractivity contribution in [2.45, 2.75) is 51.1 Å². The fraction of sp³-hybridized carbons (Fsp3) is 0.474. The number of aromatic amines is 1. The molecule has 3 N–H and O–H groups in total. The van der Waals surface area contributed by atoms with Crippen molar-refractivity contribution in [3.05, 3.63) is 52.3 Å². The van der Waals surface area contributed by atoms with Crippen LogP contribution in [0.1, 0.15) is 58.6 Å². The summed E-state index contributed by atoms with van der Waals surface area (Å²) >= 11 is 0. The molecule has 0 radical (unpaired) electrons. The van der Waals surface area contributed by atoms with Gasteiger partial charge in [0.1, 0.15) is 0 Å². The molecule has 5 nitrogen and oxygen atoms in total. The minimum Gasteiger partial charge on any atom is -0.341 e. The van der Waals surface area contributed by atoms with Gasteiger partial charge in [-0.25, -0.2) is 0 Å². The molecule has 0 unspecified atom stereocenters. The number of rotatable bonds is 3. The molecule has 1 saturated carbocycles. The molecule has 1 aromatic carbocycles. The minimum absolute atomic E-state index is 0. The van der Waals surface area contributed by atoms with Gasteiger partial charge >= 0.3 is 0 Å². The molecule has 2 aromatic rings. The molecule has 2 heterocycles. The van der Waals surface area contributed by atoms with Crippen molar-refractivity contribution in [3.8, 4) is 0 Å². The van der Waals surface area contributed by atoms with Gasteiger partial charge in [-0.3, -0.25) is 9.89 Å². The van der Waals surface area contributed by atoms with E-state index in [1.165, 1.54) is 11.1 Å². The Morgan fingerprint density at radius 3 is 2.84 bits per heavy atom. The first kappa shape index (κ1) is 18.0. The lowest BCUT2D eigenvalue weighted by Gasteiger charge is -2.31. The van der Waals surface area contributed by atoms with Crippen LogP contribution in [-0.2, 0) is 18.5 Å². The maximum absolute atomic E-state index is 13.0. The van der Waals surface area contributed by atoms with Crippen molar-refractivity contribution >= 4 is 18.3 Å². The highest BCUT2D eigenvalue weighted by Gasteiger charge is 2.38. The van der Waals surface area contributed by atoms with Gasteiger partial charge in [0, 0.05) is 30.8 Å². The Kier molecular flexibility index (Phi) is 5.16. The molecule has 0 saturated heterocycles. The topological polar surface area (TPSA) is 69.8 Å². The van der Waals surface area contributed by atoms with Crippen LogP contribution in [0.4, 0.5) is 0 Å². The fourth-order valence-electron chi connectivity index (χ4n) is 4.10. The van der Waals surface area contributed by atoms with Crippen molar-refractivity contribution < 1.29 is 4.79 Å². The predicted octanol–water partition coefficient (Wildman–Crippen LogP) is 2.98. The van der Waals surface area contributed by atoms with Gasteiger partial charge in [0.05, 0.1) is 5.54 Å². The number of halogens is 1. The minimum atomic E-state index is -0.253. The van der Waals surface area contributed by atoms with Gasteiger partial charge in [-0.2, -0.15) is 5.10 Å². The smallest absolute Gasteiger partial charge is 0.272 e. The zero-order valence-electron chi connectivity index (χ0n) is 14.5. The standard InChI is InChI=1S/C19H24N4O.ClH/c1-13-5-4-6-14(11-13)19(8-2-3-9-19)21-18(24)17-15-12-20-10-7-16(15)22-23-17;/h4-6,11,20H,2-3,7-10,12H2,1H3,(H,21,24)(H,22,23);1H. The number of nitrogens with zero attached hydrogens (tertiary/aromatic N) is 1. The van der Waals surface area contributed by atoms with Crippen LogP contribution >= 0.6 is 12.4 Å². The highest BCUT2D eigenvalue weighted by Crippen LogP contribution is 2.39. The first-order valence-corrected chi connectivity index (χ1v) is 8.84. The van der Waals surface area contributed by atoms with E-state index in [1.807, 2.05) is 0 Å². The molecule has 1 aliphatic carbocycles. The largest absolute Gasteiger partial charge is 0.341 e. The first-order valence-electron chi connectivity index (χ1n) is 8.84. The summed E-state index contributed by atoms with van der Waals surface area (Å²) in [6.07, 6.45) is 5.18. The van der Waals surface area contributed by atoms with Crippen LogP contribution in [0.15, 0.2) is 24.3 Å². The maximum Gasteiger partial charge on any atom is 0.272 e. The molecule has 134 valence electrons. The van der Waals surface area contributed by atoms with Crippen LogP contribution in [0.5, 0.6) is 0 Å². The van der Waals surface area contributed by atoms with Crippen LogP contribution < -0.4 is 10.6 Å². The number of nitrogens with one attached hydrogen (secondary N) is 3. The monoisotopic (exact) mass is 360 g/mol. The van der Waals surface area contributed by atoms with E-state index in [1.54, 1.807) is 0 Å². The molecule has 1 amide bonds. The maximum atomic E-state index is 13.0. The lowest BCUT2D eigenvalue weighted by Crippen LogP contribution is -2.44. The van der Waals surface area contributed by atoms with E-state index in [0.717, 1.165) is 49.9 Å². The summed E-state index contributed by atoms with van der Waals surface area (Å²) in [5.41, 5.74) is 4.87. The quantitative estimate of drug-likeness (QED) is 0.788. The molecule has 0 spiro atoms. The Hall–Kier alpha value is -1.85. The number of aryl methyl sites for hydroxylation is 1. The average molecular weight is 361 g/mol. The number of carbonyl (C=O) groups is 1. The van der Waals surface area contributed by atoms with Gasteiger partial charge in [0.2, 0.25) is 0 Å². The number of H-pyrrole nitrogens is 1. The summed E-state index contributed by atoms with van der Waals surface area (Å²) in [4.78, 5) is 13.0. The molecule has 4 rings (SSSR count). The van der Waals surface area contributed by atoms with Crippen LogP contribution in [0.2, 0.25) is 0 Å². The van der Waals surface area contributed by atoms with Gasteiger partial charge in [0.25, 0.3) is 5.91 Å². The molecule has 0 atom stereocenters. The molecule has 1 aliphatic heterocycles. The SMILES string of the molecule is Cc1cccc(C2(NC(=O)c3n[nH]c4c3CNCC4)CCCC2)c1.Cl. The van der Waals surface area contributed by atoms with E-state index in [4.69, 9.17) is 0 Å². The van der Waals surface area contributed by atoms with Gasteiger partial charge in [-0.15, -0.1) is 12.4 Å². The second-order valence-electron chi connectivity index (χ2n) is 7.07. The van der Waals surface area contributed by atoms with Gasteiger partial charge in [-0.1, -0.05) is 42.7 Å². The summed E-state index contributed by atoms with van der Waals surface area (Å²) in [5.74, 6) is -0.0559. The lowest BCUT2D eigenvalue weighted by molar-refractivity contribution is 0.0891. The van der Waals surface area contributed by atoms with Crippen molar-refractivity contribution in [3.63, 3.8) is 0 Å². The third kappa shape index (κ3) is 3.31. The highest BCUT2D eigenvalue weighted by atomic mass is 35.5. The predicted molar refractivity (Wildman–Crippen MR) is 100 cm³/mol. The first-order chi connectivity index (χ1) is 11.7. The van der Waals surface area contributed by atoms with E-state index < -0.39 is 0 Å². The summed E-state index contributed by atoms with van der Waals surface area (Å²) in [5, 5.41) is 14.0. The van der Waals surface area contributed by atoms with Crippen molar-refractivity contribution in [1.82, 2.24) is 20.8 Å². The molecule has 0 bridgehead atoms. The Morgan fingerprint density at radius 1 is 1.28 bits per heavy atom. The average Bonchev–Trinajstić information content (AvgIpc) is 3.22. The second-order valence-corrected chi connectivity index (χ2v) is 7.07. The van der Waals surface area contributed by atoms with Crippen LogP contribution in [0.3, 0.4) is 0 Å². The molecule has 6 heteroatoms. The Morgan fingerprint density at radius 2 is 2.08 bits per heavy atom. The van der Waals surface area contributed by atoms with Crippen LogP contribution in [-0.4, -0.2) is 22.6 Å². The fourth-order valence-corrected chi connectivity index (χ4v) is 4.10. The molecular formula is C19H25ClN4O. The Bertz CT molecular complexity index is 765. The summed E-state index contributed by atoms with van der Waals surface area (Å²) in [6, 6.07) is 8.52. The third-order valence-corrected chi connectivity index (χ3v) is 5.40. The molecule has 25 heavy (non-hydrogen) atoms. The summed E-state index contributed by atoms with van der Waals surface area (Å²) in [7, 11) is 0. The summed E-state index contributed by atoms with van der Waals surface area (Å²) in [6.45, 7) is 3.75. The Labute approximate surface area is 154 Å². The summed E-state index contributed by atoms with van der Waals surface area (Å²) < 4.78 is 0. The number of hydrogen-bond acceptors (Lipinski definition) is 3. The van der Waals surface area contributed by atoms with E-state index in [9.17, 15) is 4.79 Å². The number of hydrogen-bond donors (Lipinski definition) is 3. The van der Waals surface area contributed by atoms with Gasteiger partial charge in [-0.05, 0) is 25.3 Å². The third-order valence-electron chi connectivity index (χ3n) is 5.40. The number of benzene rings is 1. The number of amides is 1. The molecule has 1 fully saturated rings. The number of fused-ring (bicyclic) bond motifs is 1. The van der Waals surface area contributed by atoms with Crippen LogP contribution in [0, 0.1) is 6.92 Å². The normalized spacial score (nSPS) is 18.3. The second kappa shape index (κ2) is 7.18. The van der Waals surface area contributed by atoms with Crippen molar-refractivity contribution in [1.29, 1.82) is 0 Å². The lowest BCUT2D eigenvalue weighted by atomic mass is 9.87. The molecule has 2 aliphatic rings. The number of aromatic nitrogens is 2. The van der Waals surface area contributed by atoms with E-state index in [0.29, 0.717) is 12.2 Å². The van der Waals surface area contributed by atoms with Gasteiger partial charge < -0.3 is 10.6 Å². The zero-order chi connectivity index (χ0) is 16.6. The van der Waals surface area contributed by atoms with Crippen molar-refractivity contribution in [2.75, 3.05) is 6.54 Å². The van der Waals surface area contributed by atoms with Crippen molar-refractivity contribution in [2.24, 2.45) is 0 Å². The van der Waals surface area contributed by atoms with E-state index in [2.05, 4.69) is 52.0 Å². The van der Waals surface area contributed by atoms with E-state index in [-0.39, 0.29) is 23.9 Å². The van der Waals surface area contributed by atoms with Gasteiger partial charge in [0.15, 0.2) is 5.69 Å². The molecule has 1 aromatic heterocycles. The van der Waals surface area contributed by atoms with Crippen LogP contribution in [0.25, 0.3) is 0 Å². The number of carbonyl (C=O) groups excluding carboxylic acids is 1. The molecular weight excluding hydrogens is 336 g/mol. The zero-order valence-corrected chi connectivity index (χ0v) is 15.3. The highest BCUT2D eigenvalue weighted by molar-refractivity contribution is 5.94. The van der Waals surface area contributed by atoms with E-state index >= 15 is 0 Å².